The fourth-order valence-electron chi connectivity index (χ4n) is 3.23. The lowest BCUT2D eigenvalue weighted by Crippen LogP contribution is -2.45. The van der Waals surface area contributed by atoms with Gasteiger partial charge in [0, 0.05) is 6.04 Å². The number of esters is 1. The van der Waals surface area contributed by atoms with Crippen LogP contribution in [0, 0.1) is 17.7 Å². The Balaban J connectivity index is 1.75. The van der Waals surface area contributed by atoms with E-state index in [1.54, 1.807) is 0 Å². The topological polar surface area (TPSA) is 89.5 Å². The van der Waals surface area contributed by atoms with Crippen molar-refractivity contribution in [3.05, 3.63) is 30.1 Å². The van der Waals surface area contributed by atoms with Gasteiger partial charge in [0.25, 0.3) is 5.91 Å². The first-order valence-corrected chi connectivity index (χ1v) is 10.8. The molecule has 2 rings (SSSR count). The summed E-state index contributed by atoms with van der Waals surface area (Å²) in [5.74, 6) is -1.25. The van der Waals surface area contributed by atoms with Crippen molar-refractivity contribution >= 4 is 21.7 Å². The minimum absolute atomic E-state index is 0.0603. The second-order valence-electron chi connectivity index (χ2n) is 7.12. The quantitative estimate of drug-likeness (QED) is 0.562. The highest BCUT2D eigenvalue weighted by atomic mass is 32.2. The molecule has 0 heterocycles. The molecule has 0 unspecified atom stereocenters. The predicted molar refractivity (Wildman–Crippen MR) is 98.1 cm³/mol. The molecule has 0 aromatic heterocycles. The molecule has 8 heteroatoms. The second-order valence-corrected chi connectivity index (χ2v) is 9.23. The highest BCUT2D eigenvalue weighted by molar-refractivity contribution is 7.91. The summed E-state index contributed by atoms with van der Waals surface area (Å²) in [4.78, 5) is 23.7. The van der Waals surface area contributed by atoms with Crippen LogP contribution in [0.15, 0.2) is 29.2 Å². The molecule has 3 atom stereocenters. The van der Waals surface area contributed by atoms with Crippen molar-refractivity contribution in [3.8, 4) is 0 Å². The van der Waals surface area contributed by atoms with E-state index in [0.717, 1.165) is 43.5 Å². The number of halogens is 1. The van der Waals surface area contributed by atoms with E-state index in [1.807, 2.05) is 0 Å². The summed E-state index contributed by atoms with van der Waals surface area (Å²) in [6, 6.07) is 4.45. The van der Waals surface area contributed by atoms with Crippen LogP contribution >= 0.6 is 0 Å². The first-order chi connectivity index (χ1) is 12.7. The van der Waals surface area contributed by atoms with Gasteiger partial charge in [-0.3, -0.25) is 9.59 Å². The van der Waals surface area contributed by atoms with Gasteiger partial charge in [0.05, 0.1) is 17.1 Å². The van der Waals surface area contributed by atoms with Crippen LogP contribution in [-0.4, -0.2) is 38.7 Å². The van der Waals surface area contributed by atoms with Crippen molar-refractivity contribution in [2.75, 3.05) is 12.4 Å². The van der Waals surface area contributed by atoms with Crippen LogP contribution in [0.4, 0.5) is 4.39 Å². The van der Waals surface area contributed by atoms with Crippen LogP contribution in [0.25, 0.3) is 0 Å². The Bertz CT molecular complexity index is 763. The summed E-state index contributed by atoms with van der Waals surface area (Å²) in [5.41, 5.74) is 0. The Hall–Kier alpha value is -1.96. The van der Waals surface area contributed by atoms with Crippen LogP contribution in [0.2, 0.25) is 0 Å². The average Bonchev–Trinajstić information content (AvgIpc) is 2.62. The van der Waals surface area contributed by atoms with Gasteiger partial charge in [0.1, 0.15) is 5.82 Å². The first-order valence-electron chi connectivity index (χ1n) is 9.12. The third-order valence-corrected chi connectivity index (χ3v) is 6.90. The lowest BCUT2D eigenvalue weighted by Gasteiger charge is -2.34. The molecule has 0 bridgehead atoms. The zero-order valence-corrected chi connectivity index (χ0v) is 16.4. The Labute approximate surface area is 159 Å². The number of nitrogens with one attached hydrogen (secondary N) is 1. The van der Waals surface area contributed by atoms with Crippen LogP contribution < -0.4 is 5.32 Å². The second kappa shape index (κ2) is 9.30. The Morgan fingerprint density at radius 1 is 1.19 bits per heavy atom. The smallest absolute Gasteiger partial charge is 0.307 e. The molecule has 1 fully saturated rings. The van der Waals surface area contributed by atoms with Crippen LogP contribution in [0.1, 0.15) is 39.5 Å². The lowest BCUT2D eigenvalue weighted by molar-refractivity contribution is -0.148. The summed E-state index contributed by atoms with van der Waals surface area (Å²) < 4.78 is 42.0. The van der Waals surface area contributed by atoms with E-state index in [-0.39, 0.29) is 23.3 Å². The molecule has 150 valence electrons. The third kappa shape index (κ3) is 6.30. The molecule has 0 saturated heterocycles. The van der Waals surface area contributed by atoms with Gasteiger partial charge in [-0.15, -0.1) is 0 Å². The Morgan fingerprint density at radius 3 is 2.52 bits per heavy atom. The fourth-order valence-corrected chi connectivity index (χ4v) is 4.45. The molecule has 6 nitrogen and oxygen atoms in total. The molecule has 1 saturated carbocycles. The molecule has 1 aromatic rings. The Morgan fingerprint density at radius 2 is 1.85 bits per heavy atom. The summed E-state index contributed by atoms with van der Waals surface area (Å²) in [6.07, 6.45) is 2.73. The number of ether oxygens (including phenoxy) is 1. The van der Waals surface area contributed by atoms with E-state index >= 15 is 0 Å². The normalized spacial score (nSPS) is 22.9. The number of hydrogen-bond acceptors (Lipinski definition) is 5. The number of benzene rings is 1. The van der Waals surface area contributed by atoms with Gasteiger partial charge in [-0.1, -0.05) is 26.7 Å². The first kappa shape index (κ1) is 21.3. The standard InChI is InChI=1S/C19H26FNO5S/c1-13-4-3-5-17(14(13)2)21-18(22)12-26-19(23)10-11-27(24,25)16-8-6-15(20)7-9-16/h6-9,13-14,17H,3-5,10-12H2,1-2H3,(H,21,22)/t13-,14-,17-/m1/s1. The highest BCUT2D eigenvalue weighted by Crippen LogP contribution is 2.29. The highest BCUT2D eigenvalue weighted by Gasteiger charge is 2.28. The molecule has 1 aliphatic rings. The van der Waals surface area contributed by atoms with Crippen molar-refractivity contribution in [1.82, 2.24) is 5.32 Å². The fraction of sp³-hybridized carbons (Fsp3) is 0.579. The van der Waals surface area contributed by atoms with E-state index in [4.69, 9.17) is 4.74 Å². The van der Waals surface area contributed by atoms with Crippen LogP contribution in [-0.2, 0) is 24.2 Å². The predicted octanol–water partition coefficient (Wildman–Crippen LogP) is 2.47. The van der Waals surface area contributed by atoms with E-state index in [2.05, 4.69) is 19.2 Å². The van der Waals surface area contributed by atoms with Gasteiger partial charge in [-0.2, -0.15) is 0 Å². The van der Waals surface area contributed by atoms with Crippen molar-refractivity contribution in [2.45, 2.75) is 50.5 Å². The van der Waals surface area contributed by atoms with Gasteiger partial charge >= 0.3 is 5.97 Å². The van der Waals surface area contributed by atoms with Crippen LogP contribution in [0.5, 0.6) is 0 Å². The van der Waals surface area contributed by atoms with Crippen LogP contribution in [0.3, 0.4) is 0 Å². The number of carbonyl (C=O) groups excluding carboxylic acids is 2. The number of carbonyl (C=O) groups is 2. The molecule has 1 amide bonds. The average molecular weight is 399 g/mol. The minimum Gasteiger partial charge on any atom is -0.456 e. The number of rotatable bonds is 7. The van der Waals surface area contributed by atoms with Gasteiger partial charge in [0.2, 0.25) is 0 Å². The van der Waals surface area contributed by atoms with Gasteiger partial charge in [-0.25, -0.2) is 12.8 Å². The molecule has 1 aromatic carbocycles. The van der Waals surface area contributed by atoms with E-state index < -0.39 is 34.0 Å². The van der Waals surface area contributed by atoms with Crippen molar-refractivity contribution in [2.24, 2.45) is 11.8 Å². The zero-order chi connectivity index (χ0) is 20.0. The molecule has 27 heavy (non-hydrogen) atoms. The largest absolute Gasteiger partial charge is 0.456 e. The SMILES string of the molecule is C[C@@H]1[C@H](C)CCC[C@H]1NC(=O)COC(=O)CCS(=O)(=O)c1ccc(F)cc1. The summed E-state index contributed by atoms with van der Waals surface area (Å²) in [5, 5.41) is 2.89. The van der Waals surface area contributed by atoms with Crippen molar-refractivity contribution < 1.29 is 27.1 Å². The van der Waals surface area contributed by atoms with Gasteiger partial charge in [0.15, 0.2) is 16.4 Å². The number of amides is 1. The minimum atomic E-state index is -3.71. The number of sulfone groups is 1. The zero-order valence-electron chi connectivity index (χ0n) is 15.6. The van der Waals surface area contributed by atoms with Crippen molar-refractivity contribution in [1.29, 1.82) is 0 Å². The van der Waals surface area contributed by atoms with E-state index in [1.165, 1.54) is 0 Å². The monoisotopic (exact) mass is 399 g/mol. The molecule has 1 N–H and O–H groups in total. The third-order valence-electron chi connectivity index (χ3n) is 5.17. The van der Waals surface area contributed by atoms with E-state index in [0.29, 0.717) is 11.8 Å². The Kier molecular flexibility index (Phi) is 7.35. The van der Waals surface area contributed by atoms with Gasteiger partial charge < -0.3 is 10.1 Å². The molecule has 0 aliphatic heterocycles. The van der Waals surface area contributed by atoms with E-state index in [9.17, 15) is 22.4 Å². The summed E-state index contributed by atoms with van der Waals surface area (Å²) in [7, 11) is -3.71. The maximum absolute atomic E-state index is 12.9. The molecular formula is C19H26FNO5S. The van der Waals surface area contributed by atoms with Crippen molar-refractivity contribution in [3.63, 3.8) is 0 Å². The summed E-state index contributed by atoms with van der Waals surface area (Å²) >= 11 is 0. The summed E-state index contributed by atoms with van der Waals surface area (Å²) in [6.45, 7) is 3.83. The van der Waals surface area contributed by atoms with Gasteiger partial charge in [-0.05, 0) is 42.5 Å². The lowest BCUT2D eigenvalue weighted by atomic mass is 9.78. The molecule has 1 aliphatic carbocycles. The molecule has 0 radical (unpaired) electrons. The molecular weight excluding hydrogens is 373 g/mol. The number of hydrogen-bond donors (Lipinski definition) is 1. The molecule has 0 spiro atoms. The maximum Gasteiger partial charge on any atom is 0.307 e. The maximum atomic E-state index is 12.9.